The lowest BCUT2D eigenvalue weighted by Crippen LogP contribution is -2.33. The quantitative estimate of drug-likeness (QED) is 0.906. The highest BCUT2D eigenvalue weighted by Crippen LogP contribution is 2.35. The molecule has 2 unspecified atom stereocenters. The number of nitrogen functional groups attached to an aromatic ring is 1. The van der Waals surface area contributed by atoms with Gasteiger partial charge in [-0.15, -0.1) is 11.3 Å². The molecule has 2 atom stereocenters. The van der Waals surface area contributed by atoms with Crippen molar-refractivity contribution < 1.29 is 9.53 Å². The van der Waals surface area contributed by atoms with E-state index in [4.69, 9.17) is 10.5 Å². The van der Waals surface area contributed by atoms with E-state index in [0.717, 1.165) is 35.2 Å². The van der Waals surface area contributed by atoms with Gasteiger partial charge in [0.2, 0.25) is 0 Å². The number of anilines is 1. The molecule has 0 spiro atoms. The summed E-state index contributed by atoms with van der Waals surface area (Å²) in [6, 6.07) is 0.172. The van der Waals surface area contributed by atoms with E-state index in [1.807, 2.05) is 14.0 Å². The van der Waals surface area contributed by atoms with E-state index < -0.39 is 0 Å². The first-order valence-electron chi connectivity index (χ1n) is 7.06. The van der Waals surface area contributed by atoms with Gasteiger partial charge in [-0.2, -0.15) is 5.10 Å². The Balaban J connectivity index is 1.82. The van der Waals surface area contributed by atoms with Crippen LogP contribution in [0, 0.1) is 6.92 Å². The average Bonchev–Trinajstić information content (AvgIpc) is 3.09. The predicted molar refractivity (Wildman–Crippen MR) is 83.6 cm³/mol. The predicted octanol–water partition coefficient (Wildman–Crippen LogP) is 1.82. The fraction of sp³-hybridized carbons (Fsp3) is 0.571. The maximum absolute atomic E-state index is 12.5. The highest BCUT2D eigenvalue weighted by atomic mass is 32.1. The van der Waals surface area contributed by atoms with Crippen LogP contribution in [0.2, 0.25) is 0 Å². The van der Waals surface area contributed by atoms with Gasteiger partial charge in [-0.1, -0.05) is 0 Å². The summed E-state index contributed by atoms with van der Waals surface area (Å²) in [6.07, 6.45) is 3.07. The zero-order valence-corrected chi connectivity index (χ0v) is 13.3. The second kappa shape index (κ2) is 5.31. The number of fused-ring (bicyclic) bond motifs is 1. The standard InChI is InChI=1S/C14H20N4O2S/c1-7-10-11(15)12(21-14(10)18(2)17-7)13(19)16-8-4-5-9(6-8)20-3/h8-9H,4-6,15H2,1-3H3,(H,16,19). The molecule has 1 amide bonds. The number of nitrogens with two attached hydrogens (primary N) is 1. The zero-order chi connectivity index (χ0) is 15.1. The molecule has 2 heterocycles. The van der Waals surface area contributed by atoms with Crippen LogP contribution in [0.5, 0.6) is 0 Å². The number of aryl methyl sites for hydroxylation is 2. The van der Waals surface area contributed by atoms with Crippen molar-refractivity contribution in [3.05, 3.63) is 10.6 Å². The fourth-order valence-electron chi connectivity index (χ4n) is 3.03. The lowest BCUT2D eigenvalue weighted by atomic mass is 10.2. The molecule has 0 bridgehead atoms. The van der Waals surface area contributed by atoms with Crippen LogP contribution in [0.3, 0.4) is 0 Å². The van der Waals surface area contributed by atoms with E-state index in [0.29, 0.717) is 10.6 Å². The number of rotatable bonds is 3. The van der Waals surface area contributed by atoms with Crippen molar-refractivity contribution in [2.75, 3.05) is 12.8 Å². The largest absolute Gasteiger partial charge is 0.397 e. The minimum absolute atomic E-state index is 0.0881. The molecule has 3 N–H and O–H groups in total. The number of carbonyl (C=O) groups is 1. The number of hydrogen-bond acceptors (Lipinski definition) is 5. The molecular formula is C14H20N4O2S. The van der Waals surface area contributed by atoms with Gasteiger partial charge in [-0.3, -0.25) is 9.48 Å². The molecule has 2 aromatic heterocycles. The molecule has 21 heavy (non-hydrogen) atoms. The molecule has 1 aliphatic rings. The van der Waals surface area contributed by atoms with E-state index >= 15 is 0 Å². The number of ether oxygens (including phenoxy) is 1. The first-order chi connectivity index (χ1) is 10.0. The van der Waals surface area contributed by atoms with Crippen molar-refractivity contribution in [3.63, 3.8) is 0 Å². The molecule has 0 aliphatic heterocycles. The number of carbonyl (C=O) groups excluding carboxylic acids is 1. The van der Waals surface area contributed by atoms with Crippen LogP contribution in [0.15, 0.2) is 0 Å². The minimum atomic E-state index is -0.0881. The molecule has 1 aliphatic carbocycles. The number of nitrogens with zero attached hydrogens (tertiary/aromatic N) is 2. The topological polar surface area (TPSA) is 82.2 Å². The number of hydrogen-bond donors (Lipinski definition) is 2. The summed E-state index contributed by atoms with van der Waals surface area (Å²) in [4.78, 5) is 14.0. The number of methoxy groups -OCH3 is 1. The Morgan fingerprint density at radius 1 is 1.52 bits per heavy atom. The third-order valence-corrected chi connectivity index (χ3v) is 5.41. The molecule has 7 heteroatoms. The summed E-state index contributed by atoms with van der Waals surface area (Å²) in [5, 5.41) is 8.30. The van der Waals surface area contributed by atoms with Gasteiger partial charge < -0.3 is 15.8 Å². The molecule has 3 rings (SSSR count). The first-order valence-corrected chi connectivity index (χ1v) is 7.88. The van der Waals surface area contributed by atoms with Crippen molar-refractivity contribution in [2.45, 2.75) is 38.3 Å². The fourth-order valence-corrected chi connectivity index (χ4v) is 4.12. The SMILES string of the molecule is COC1CCC(NC(=O)c2sc3c(c(C)nn3C)c2N)C1. The highest BCUT2D eigenvalue weighted by Gasteiger charge is 2.28. The summed E-state index contributed by atoms with van der Waals surface area (Å²) >= 11 is 1.40. The van der Waals surface area contributed by atoms with Crippen LogP contribution in [0.1, 0.15) is 34.6 Å². The summed E-state index contributed by atoms with van der Waals surface area (Å²) in [7, 11) is 3.59. The Kier molecular flexibility index (Phi) is 3.62. The summed E-state index contributed by atoms with van der Waals surface area (Å²) in [5.74, 6) is -0.0881. The second-order valence-electron chi connectivity index (χ2n) is 5.58. The molecule has 6 nitrogen and oxygen atoms in total. The van der Waals surface area contributed by atoms with Crippen LogP contribution in [0.25, 0.3) is 10.2 Å². The smallest absolute Gasteiger partial charge is 0.263 e. The number of thiophene rings is 1. The molecule has 0 aromatic carbocycles. The van der Waals surface area contributed by atoms with Crippen molar-refractivity contribution >= 4 is 33.1 Å². The first kappa shape index (κ1) is 14.3. The average molecular weight is 308 g/mol. The third-order valence-electron chi connectivity index (χ3n) is 4.14. The molecule has 0 saturated heterocycles. The van der Waals surface area contributed by atoms with Gasteiger partial charge in [0, 0.05) is 20.2 Å². The van der Waals surface area contributed by atoms with E-state index in [-0.39, 0.29) is 18.1 Å². The van der Waals surface area contributed by atoms with Crippen LogP contribution in [-0.4, -0.2) is 34.9 Å². The van der Waals surface area contributed by atoms with Crippen molar-refractivity contribution in [2.24, 2.45) is 7.05 Å². The lowest BCUT2D eigenvalue weighted by molar-refractivity contribution is 0.0919. The maximum atomic E-state index is 12.5. The number of amides is 1. The summed E-state index contributed by atoms with van der Waals surface area (Å²) in [5.41, 5.74) is 7.56. The van der Waals surface area contributed by atoms with Gasteiger partial charge in [-0.05, 0) is 26.2 Å². The van der Waals surface area contributed by atoms with Crippen molar-refractivity contribution in [1.82, 2.24) is 15.1 Å². The molecule has 1 fully saturated rings. The van der Waals surface area contributed by atoms with E-state index in [9.17, 15) is 4.79 Å². The second-order valence-corrected chi connectivity index (χ2v) is 6.57. The number of nitrogens with one attached hydrogen (secondary N) is 1. The Morgan fingerprint density at radius 2 is 2.29 bits per heavy atom. The Morgan fingerprint density at radius 3 is 2.90 bits per heavy atom. The van der Waals surface area contributed by atoms with E-state index in [1.54, 1.807) is 11.8 Å². The maximum Gasteiger partial charge on any atom is 0.263 e. The Labute approximate surface area is 127 Å². The van der Waals surface area contributed by atoms with Crippen LogP contribution < -0.4 is 11.1 Å². The normalized spacial score (nSPS) is 22.0. The summed E-state index contributed by atoms with van der Waals surface area (Å²) in [6.45, 7) is 1.91. The van der Waals surface area contributed by atoms with Crippen molar-refractivity contribution in [3.8, 4) is 0 Å². The van der Waals surface area contributed by atoms with E-state index in [1.165, 1.54) is 11.3 Å². The van der Waals surface area contributed by atoms with Crippen LogP contribution in [0.4, 0.5) is 5.69 Å². The molecule has 1 saturated carbocycles. The van der Waals surface area contributed by atoms with E-state index in [2.05, 4.69) is 10.4 Å². The number of aromatic nitrogens is 2. The van der Waals surface area contributed by atoms with Crippen molar-refractivity contribution in [1.29, 1.82) is 0 Å². The molecule has 114 valence electrons. The van der Waals surface area contributed by atoms with Crippen LogP contribution >= 0.6 is 11.3 Å². The molecule has 0 radical (unpaired) electrons. The lowest BCUT2D eigenvalue weighted by Gasteiger charge is -2.12. The summed E-state index contributed by atoms with van der Waals surface area (Å²) < 4.78 is 7.11. The molecular weight excluding hydrogens is 288 g/mol. The minimum Gasteiger partial charge on any atom is -0.397 e. The monoisotopic (exact) mass is 308 g/mol. The van der Waals surface area contributed by atoms with Gasteiger partial charge in [0.05, 0.1) is 22.9 Å². The van der Waals surface area contributed by atoms with Crippen LogP contribution in [-0.2, 0) is 11.8 Å². The van der Waals surface area contributed by atoms with Gasteiger partial charge in [0.1, 0.15) is 9.71 Å². The van der Waals surface area contributed by atoms with Gasteiger partial charge >= 0.3 is 0 Å². The van der Waals surface area contributed by atoms with Gasteiger partial charge in [-0.25, -0.2) is 0 Å². The van der Waals surface area contributed by atoms with Gasteiger partial charge in [0.15, 0.2) is 0 Å². The highest BCUT2D eigenvalue weighted by molar-refractivity contribution is 7.21. The van der Waals surface area contributed by atoms with Gasteiger partial charge in [0.25, 0.3) is 5.91 Å². The Hall–Kier alpha value is -1.60. The Bertz CT molecular complexity index is 691. The molecule has 2 aromatic rings. The zero-order valence-electron chi connectivity index (χ0n) is 12.5. The third kappa shape index (κ3) is 2.40.